The van der Waals surface area contributed by atoms with Crippen molar-refractivity contribution >= 4 is 32.8 Å². The van der Waals surface area contributed by atoms with E-state index in [1.54, 1.807) is 4.57 Å². The van der Waals surface area contributed by atoms with Crippen LogP contribution < -0.4 is 20.3 Å². The van der Waals surface area contributed by atoms with Crippen molar-refractivity contribution in [3.8, 4) is 11.5 Å². The third-order valence-corrected chi connectivity index (χ3v) is 8.24. The maximum atomic E-state index is 13.2. The molecule has 5 rings (SSSR count). The standard InChI is InChI=1S/C23H23F2N5O9P2/c24-14-1-5-16(6-2-14)38-40(32,33)36-10-13-9-19(30-12-27-20-21(30)28-23(26)29-22(20)31)18(13)11-37-41(34,35)39-17-7-3-15(25)4-8-17/h1-8,12-13,18-19H,9-11H2,(H,32,33)(H,34,35)(H3,26,28,29,31)/t13-,18-,19-/m1/s1. The average Bonchev–Trinajstić information content (AvgIpc) is 3.29. The molecule has 0 spiro atoms. The van der Waals surface area contributed by atoms with Gasteiger partial charge in [0.2, 0.25) is 5.95 Å². The minimum Gasteiger partial charge on any atom is -0.404 e. The topological polar surface area (TPSA) is 201 Å². The number of phosphoric ester groups is 2. The summed E-state index contributed by atoms with van der Waals surface area (Å²) >= 11 is 0. The number of nitrogen functional groups attached to an aromatic ring is 1. The lowest BCUT2D eigenvalue weighted by Crippen LogP contribution is -2.43. The van der Waals surface area contributed by atoms with Gasteiger partial charge in [0.25, 0.3) is 5.56 Å². The van der Waals surface area contributed by atoms with Gasteiger partial charge in [-0.25, -0.2) is 22.9 Å². The van der Waals surface area contributed by atoms with Crippen LogP contribution in [0, 0.1) is 23.5 Å². The van der Waals surface area contributed by atoms with Gasteiger partial charge in [0, 0.05) is 12.0 Å². The summed E-state index contributed by atoms with van der Waals surface area (Å²) < 4.78 is 73.3. The first-order valence-electron chi connectivity index (χ1n) is 12.0. The fraction of sp³-hybridized carbons (Fsp3) is 0.261. The van der Waals surface area contributed by atoms with Crippen LogP contribution in [-0.2, 0) is 18.2 Å². The van der Waals surface area contributed by atoms with Crippen LogP contribution in [-0.4, -0.2) is 42.5 Å². The lowest BCUT2D eigenvalue weighted by Gasteiger charge is -2.45. The van der Waals surface area contributed by atoms with Gasteiger partial charge in [0.05, 0.1) is 19.5 Å². The van der Waals surface area contributed by atoms with Gasteiger partial charge in [-0.1, -0.05) is 0 Å². The highest BCUT2D eigenvalue weighted by Gasteiger charge is 2.46. The maximum absolute atomic E-state index is 13.2. The molecular formula is C23H23F2N5O9P2. The molecule has 0 bridgehead atoms. The number of aromatic nitrogens is 4. The van der Waals surface area contributed by atoms with E-state index in [0.29, 0.717) is 6.42 Å². The molecule has 1 saturated carbocycles. The number of halogens is 2. The highest BCUT2D eigenvalue weighted by molar-refractivity contribution is 7.48. The number of H-pyrrole nitrogens is 1. The van der Waals surface area contributed by atoms with Crippen molar-refractivity contribution in [3.63, 3.8) is 0 Å². The number of phosphoric acid groups is 2. The Kier molecular flexibility index (Phi) is 7.97. The van der Waals surface area contributed by atoms with E-state index in [0.717, 1.165) is 48.5 Å². The maximum Gasteiger partial charge on any atom is 0.527 e. The van der Waals surface area contributed by atoms with Crippen molar-refractivity contribution in [2.75, 3.05) is 18.9 Å². The zero-order valence-electron chi connectivity index (χ0n) is 20.9. The summed E-state index contributed by atoms with van der Waals surface area (Å²) in [5.74, 6) is -2.65. The summed E-state index contributed by atoms with van der Waals surface area (Å²) in [6.45, 7) is -0.739. The summed E-state index contributed by atoms with van der Waals surface area (Å²) in [7, 11) is -9.33. The first kappa shape index (κ1) is 28.9. The highest BCUT2D eigenvalue weighted by Crippen LogP contribution is 2.52. The van der Waals surface area contributed by atoms with E-state index in [2.05, 4.69) is 15.0 Å². The number of fused-ring (bicyclic) bond motifs is 1. The highest BCUT2D eigenvalue weighted by atomic mass is 31.2. The summed E-state index contributed by atoms with van der Waals surface area (Å²) in [6.07, 6.45) is 1.64. The minimum absolute atomic E-state index is 0.0126. The molecule has 5 N–H and O–H groups in total. The molecular weight excluding hydrogens is 590 g/mol. The first-order chi connectivity index (χ1) is 19.4. The van der Waals surface area contributed by atoms with E-state index in [4.69, 9.17) is 23.8 Å². The van der Waals surface area contributed by atoms with Crippen molar-refractivity contribution in [2.45, 2.75) is 12.5 Å². The average molecular weight is 613 g/mol. The Morgan fingerprint density at radius 3 is 2.05 bits per heavy atom. The van der Waals surface area contributed by atoms with Crippen molar-refractivity contribution in [3.05, 3.63) is 76.8 Å². The number of anilines is 1. The molecule has 5 atom stereocenters. The van der Waals surface area contributed by atoms with E-state index in [1.807, 2.05) is 0 Å². The first-order valence-corrected chi connectivity index (χ1v) is 15.0. The second-order valence-electron chi connectivity index (χ2n) is 9.12. The Hall–Kier alpha value is -3.65. The van der Waals surface area contributed by atoms with Gasteiger partial charge in [-0.15, -0.1) is 0 Å². The smallest absolute Gasteiger partial charge is 0.404 e. The van der Waals surface area contributed by atoms with E-state index in [1.165, 1.54) is 6.33 Å². The summed E-state index contributed by atoms with van der Waals surface area (Å²) in [4.78, 5) is 43.2. The zero-order valence-corrected chi connectivity index (χ0v) is 22.7. The lowest BCUT2D eigenvalue weighted by molar-refractivity contribution is -0.00444. The van der Waals surface area contributed by atoms with Gasteiger partial charge in [-0.05, 0) is 60.9 Å². The van der Waals surface area contributed by atoms with Gasteiger partial charge in [0.1, 0.15) is 23.1 Å². The van der Waals surface area contributed by atoms with Crippen molar-refractivity contribution in [1.29, 1.82) is 0 Å². The predicted molar refractivity (Wildman–Crippen MR) is 139 cm³/mol. The van der Waals surface area contributed by atoms with Crippen LogP contribution in [0.15, 0.2) is 59.7 Å². The SMILES string of the molecule is Nc1nc2c(ncn2[C@@H]2C[C@H](COP(=O)(O)Oc3ccc(F)cc3)[C@H]2COP(=O)(O)Oc2ccc(F)cc2)c(=O)[nH]1. The van der Waals surface area contributed by atoms with Gasteiger partial charge < -0.3 is 19.3 Å². The quantitative estimate of drug-likeness (QED) is 0.180. The number of benzene rings is 2. The van der Waals surface area contributed by atoms with Gasteiger partial charge >= 0.3 is 15.6 Å². The summed E-state index contributed by atoms with van der Waals surface area (Å²) in [6, 6.07) is 8.26. The fourth-order valence-corrected chi connectivity index (χ4v) is 6.02. The summed E-state index contributed by atoms with van der Waals surface area (Å²) in [5.41, 5.74) is 5.29. The van der Waals surface area contributed by atoms with E-state index < -0.39 is 57.3 Å². The van der Waals surface area contributed by atoms with Crippen LogP contribution in [0.1, 0.15) is 12.5 Å². The number of nitrogens with one attached hydrogen (secondary N) is 1. The molecule has 0 radical (unpaired) electrons. The normalized spacial score (nSPS) is 21.5. The Bertz CT molecular complexity index is 1700. The van der Waals surface area contributed by atoms with Gasteiger partial charge in [-0.3, -0.25) is 28.6 Å². The number of nitrogens with zero attached hydrogens (tertiary/aromatic N) is 3. The van der Waals surface area contributed by atoms with Crippen LogP contribution in [0.5, 0.6) is 11.5 Å². The molecule has 0 aliphatic heterocycles. The third kappa shape index (κ3) is 6.81. The predicted octanol–water partition coefficient (Wildman–Crippen LogP) is 3.55. The second-order valence-corrected chi connectivity index (χ2v) is 11.9. The molecule has 1 aliphatic carbocycles. The number of hydrogen-bond donors (Lipinski definition) is 4. The third-order valence-electron chi connectivity index (χ3n) is 6.40. The van der Waals surface area contributed by atoms with E-state index >= 15 is 0 Å². The van der Waals surface area contributed by atoms with Gasteiger partial charge in [-0.2, -0.15) is 4.98 Å². The lowest BCUT2D eigenvalue weighted by atomic mass is 9.70. The molecule has 2 unspecified atom stereocenters. The molecule has 41 heavy (non-hydrogen) atoms. The van der Waals surface area contributed by atoms with Crippen LogP contribution >= 0.6 is 15.6 Å². The minimum atomic E-state index is -4.70. The Morgan fingerprint density at radius 1 is 0.951 bits per heavy atom. The summed E-state index contributed by atoms with van der Waals surface area (Å²) in [5, 5.41) is 0. The molecule has 0 amide bonds. The fourth-order valence-electron chi connectivity index (χ4n) is 4.40. The molecule has 2 aromatic carbocycles. The molecule has 1 aliphatic rings. The number of hydrogen-bond acceptors (Lipinski definition) is 10. The van der Waals surface area contributed by atoms with E-state index in [-0.39, 0.29) is 35.2 Å². The van der Waals surface area contributed by atoms with Crippen LogP contribution in [0.2, 0.25) is 0 Å². The molecule has 14 nitrogen and oxygen atoms in total. The van der Waals surface area contributed by atoms with Crippen molar-refractivity contribution < 1.29 is 45.8 Å². The number of imidazole rings is 1. The second kappa shape index (κ2) is 11.3. The number of nitrogens with two attached hydrogens (primary N) is 1. The van der Waals surface area contributed by atoms with Crippen molar-refractivity contribution in [1.82, 2.24) is 19.5 Å². The molecule has 4 aromatic rings. The van der Waals surface area contributed by atoms with Crippen LogP contribution in [0.25, 0.3) is 11.2 Å². The largest absolute Gasteiger partial charge is 0.527 e. The molecule has 2 heterocycles. The van der Waals surface area contributed by atoms with Crippen molar-refractivity contribution in [2.24, 2.45) is 11.8 Å². The number of aromatic amines is 1. The molecule has 0 saturated heterocycles. The van der Waals surface area contributed by atoms with E-state index in [9.17, 15) is 32.5 Å². The monoisotopic (exact) mass is 613 g/mol. The Labute approximate surface area is 229 Å². The molecule has 1 fully saturated rings. The Morgan fingerprint density at radius 2 is 1.49 bits per heavy atom. The van der Waals surface area contributed by atoms with Crippen LogP contribution in [0.4, 0.5) is 14.7 Å². The number of rotatable bonds is 11. The molecule has 2 aromatic heterocycles. The molecule has 218 valence electrons. The molecule has 18 heteroatoms. The Balaban J connectivity index is 1.32. The van der Waals surface area contributed by atoms with Crippen LogP contribution in [0.3, 0.4) is 0 Å². The van der Waals surface area contributed by atoms with Gasteiger partial charge in [0.15, 0.2) is 11.2 Å². The zero-order chi connectivity index (χ0) is 29.4.